The summed E-state index contributed by atoms with van der Waals surface area (Å²) in [7, 11) is -4.15. The van der Waals surface area contributed by atoms with Crippen LogP contribution in [0.5, 0.6) is 0 Å². The predicted molar refractivity (Wildman–Crippen MR) is 211 cm³/mol. The van der Waals surface area contributed by atoms with Crippen LogP contribution in [-0.2, 0) is 42.2 Å². The Morgan fingerprint density at radius 2 is 1.82 bits per heavy atom. The molecule has 302 valence electrons. The molecule has 4 N–H and O–H groups in total. The number of benzene rings is 2. The SMILES string of the molecule is Cc1nc(CN2C(=O)CN([C@H](C(=O)N[C@@H](Cc3ccccc3)[C@@H](O)CN(CC3CCCC3)S(=O)(=O)c3ccc(C=NOC(=O)CCN)cc3)C(C)C)C2=O)cs1. The maximum atomic E-state index is 14.3. The summed E-state index contributed by atoms with van der Waals surface area (Å²) in [6.07, 6.45) is 3.76. The lowest BCUT2D eigenvalue weighted by Gasteiger charge is -2.34. The molecule has 17 heteroatoms. The lowest BCUT2D eigenvalue weighted by Crippen LogP contribution is -2.57. The van der Waals surface area contributed by atoms with Crippen molar-refractivity contribution in [1.29, 1.82) is 0 Å². The van der Waals surface area contributed by atoms with Gasteiger partial charge in [-0.05, 0) is 61.3 Å². The number of thiazole rings is 1. The van der Waals surface area contributed by atoms with Crippen molar-refractivity contribution in [3.63, 3.8) is 0 Å². The van der Waals surface area contributed by atoms with Crippen LogP contribution >= 0.6 is 11.3 Å². The number of oxime groups is 1. The number of imide groups is 1. The van der Waals surface area contributed by atoms with E-state index in [1.807, 2.05) is 37.3 Å². The quantitative estimate of drug-likeness (QED) is 0.0697. The van der Waals surface area contributed by atoms with Crippen molar-refractivity contribution in [3.05, 3.63) is 81.8 Å². The number of aromatic nitrogens is 1. The van der Waals surface area contributed by atoms with Gasteiger partial charge < -0.3 is 25.9 Å². The van der Waals surface area contributed by atoms with Gasteiger partial charge in [-0.25, -0.2) is 23.0 Å². The molecule has 2 aromatic carbocycles. The molecule has 5 rings (SSSR count). The van der Waals surface area contributed by atoms with Crippen molar-refractivity contribution in [1.82, 2.24) is 24.4 Å². The van der Waals surface area contributed by atoms with Crippen molar-refractivity contribution in [2.45, 2.75) is 88.9 Å². The number of carbonyl (C=O) groups excluding carboxylic acids is 4. The molecular formula is C39H51N7O8S2. The van der Waals surface area contributed by atoms with Crippen LogP contribution in [0.15, 0.2) is 70.0 Å². The molecule has 0 spiro atoms. The van der Waals surface area contributed by atoms with Gasteiger partial charge in [-0.3, -0.25) is 14.5 Å². The fraction of sp³-hybridized carbons (Fsp3) is 0.487. The molecule has 56 heavy (non-hydrogen) atoms. The third-order valence-corrected chi connectivity index (χ3v) is 12.6. The number of hydrogen-bond acceptors (Lipinski definition) is 12. The van der Waals surface area contributed by atoms with Gasteiger partial charge in [0.2, 0.25) is 15.9 Å². The van der Waals surface area contributed by atoms with Crippen LogP contribution in [0.1, 0.15) is 67.8 Å². The molecule has 1 aliphatic heterocycles. The lowest BCUT2D eigenvalue weighted by atomic mass is 9.97. The highest BCUT2D eigenvalue weighted by Crippen LogP contribution is 2.29. The summed E-state index contributed by atoms with van der Waals surface area (Å²) < 4.78 is 29.8. The third kappa shape index (κ3) is 11.1. The summed E-state index contributed by atoms with van der Waals surface area (Å²) >= 11 is 1.41. The van der Waals surface area contributed by atoms with Crippen molar-refractivity contribution < 1.29 is 37.5 Å². The number of aliphatic hydroxyl groups is 1. The van der Waals surface area contributed by atoms with Gasteiger partial charge in [-0.1, -0.05) is 74.3 Å². The highest BCUT2D eigenvalue weighted by molar-refractivity contribution is 7.89. The largest absolute Gasteiger partial charge is 0.390 e. The highest BCUT2D eigenvalue weighted by Gasteiger charge is 2.44. The average molecular weight is 810 g/mol. The number of nitrogens with zero attached hydrogens (tertiary/aromatic N) is 5. The molecule has 3 atom stereocenters. The number of carbonyl (C=O) groups is 4. The number of sulfonamides is 1. The van der Waals surface area contributed by atoms with E-state index in [-0.39, 0.29) is 56.4 Å². The zero-order chi connectivity index (χ0) is 40.4. The molecule has 2 heterocycles. The molecule has 0 radical (unpaired) electrons. The van der Waals surface area contributed by atoms with Crippen LogP contribution in [0.25, 0.3) is 0 Å². The number of aliphatic hydroxyl groups excluding tert-OH is 1. The van der Waals surface area contributed by atoms with Gasteiger partial charge in [0, 0.05) is 25.0 Å². The number of amides is 4. The number of nitrogens with two attached hydrogens (primary N) is 1. The van der Waals surface area contributed by atoms with Gasteiger partial charge in [0.25, 0.3) is 5.91 Å². The monoisotopic (exact) mass is 809 g/mol. The van der Waals surface area contributed by atoms with E-state index >= 15 is 0 Å². The minimum Gasteiger partial charge on any atom is -0.390 e. The smallest absolute Gasteiger partial charge is 0.336 e. The molecule has 0 unspecified atom stereocenters. The van der Waals surface area contributed by atoms with E-state index in [9.17, 15) is 32.7 Å². The Balaban J connectivity index is 1.37. The molecule has 3 aromatic rings. The van der Waals surface area contributed by atoms with Crippen LogP contribution in [-0.4, -0.2) is 107 Å². The zero-order valence-corrected chi connectivity index (χ0v) is 33.6. The summed E-state index contributed by atoms with van der Waals surface area (Å²) in [5, 5.41) is 21.1. The van der Waals surface area contributed by atoms with Crippen molar-refractivity contribution in [2.75, 3.05) is 26.2 Å². The van der Waals surface area contributed by atoms with E-state index in [4.69, 9.17) is 10.6 Å². The van der Waals surface area contributed by atoms with Gasteiger partial charge in [0.1, 0.15) is 12.6 Å². The van der Waals surface area contributed by atoms with Gasteiger partial charge >= 0.3 is 12.0 Å². The maximum Gasteiger partial charge on any atom is 0.336 e. The molecule has 0 bridgehead atoms. The first kappa shape index (κ1) is 42.6. The second-order valence-electron chi connectivity index (χ2n) is 14.6. The van der Waals surface area contributed by atoms with Gasteiger partial charge in [-0.15, -0.1) is 11.3 Å². The Morgan fingerprint density at radius 1 is 1.12 bits per heavy atom. The standard InChI is InChI=1S/C39H51N7O8S2/c1-26(2)37(46-24-35(48)45(39(46)51)22-31-25-55-27(3)42-31)38(50)43-33(19-28-9-5-4-6-10-28)34(47)23-44(21-30-11-7-8-12-30)56(52,53)32-15-13-29(14-16-32)20-41-54-36(49)17-18-40/h4-6,9-10,13-16,20,25-26,30,33-34,37,47H,7-8,11-12,17-19,21-24,40H2,1-3H3,(H,43,50)/t33-,34-,37-/m0/s1. The molecule has 1 saturated carbocycles. The van der Waals surface area contributed by atoms with Crippen molar-refractivity contribution in [3.8, 4) is 0 Å². The maximum absolute atomic E-state index is 14.3. The van der Waals surface area contributed by atoms with E-state index in [0.29, 0.717) is 11.3 Å². The van der Waals surface area contributed by atoms with Gasteiger partial charge in [0.15, 0.2) is 0 Å². The Kier molecular flexibility index (Phi) is 14.9. The number of rotatable bonds is 19. The fourth-order valence-electron chi connectivity index (χ4n) is 7.07. The fourth-order valence-corrected chi connectivity index (χ4v) is 9.21. The van der Waals surface area contributed by atoms with E-state index < -0.39 is 57.9 Å². The molecule has 4 amide bonds. The molecule has 1 aliphatic carbocycles. The van der Waals surface area contributed by atoms with E-state index in [1.54, 1.807) is 19.2 Å². The van der Waals surface area contributed by atoms with Gasteiger partial charge in [0.05, 0.1) is 46.9 Å². The van der Waals surface area contributed by atoms with E-state index in [1.165, 1.54) is 51.0 Å². The molecule has 2 fully saturated rings. The average Bonchev–Trinajstić information content (AvgIpc) is 3.90. The number of hydrogen-bond donors (Lipinski definition) is 3. The van der Waals surface area contributed by atoms with Gasteiger partial charge in [-0.2, -0.15) is 4.31 Å². The van der Waals surface area contributed by atoms with Crippen LogP contribution in [0.2, 0.25) is 0 Å². The predicted octanol–water partition coefficient (Wildman–Crippen LogP) is 3.44. The van der Waals surface area contributed by atoms with Crippen LogP contribution in [0, 0.1) is 18.8 Å². The highest BCUT2D eigenvalue weighted by atomic mass is 32.2. The minimum absolute atomic E-state index is 0.00179. The second kappa shape index (κ2) is 19.5. The zero-order valence-electron chi connectivity index (χ0n) is 32.0. The Bertz CT molecular complexity index is 1950. The first-order valence-corrected chi connectivity index (χ1v) is 21.2. The summed E-state index contributed by atoms with van der Waals surface area (Å²) in [5.74, 6) is -1.92. The van der Waals surface area contributed by atoms with Crippen LogP contribution in [0.3, 0.4) is 0 Å². The first-order chi connectivity index (χ1) is 26.8. The Labute approximate surface area is 331 Å². The third-order valence-electron chi connectivity index (χ3n) is 9.95. The topological polar surface area (TPSA) is 205 Å². The number of urea groups is 1. The van der Waals surface area contributed by atoms with E-state index in [2.05, 4.69) is 15.5 Å². The summed E-state index contributed by atoms with van der Waals surface area (Å²) in [6, 6.07) is 12.5. The summed E-state index contributed by atoms with van der Waals surface area (Å²) in [5.41, 5.74) is 7.23. The summed E-state index contributed by atoms with van der Waals surface area (Å²) in [4.78, 5) is 64.0. The number of nitrogens with one attached hydrogen (secondary N) is 1. The van der Waals surface area contributed by atoms with Crippen molar-refractivity contribution >= 4 is 51.4 Å². The molecule has 15 nitrogen and oxygen atoms in total. The first-order valence-electron chi connectivity index (χ1n) is 18.8. The number of aryl methyl sites for hydroxylation is 1. The molecule has 2 aliphatic rings. The Morgan fingerprint density at radius 3 is 2.45 bits per heavy atom. The van der Waals surface area contributed by atoms with E-state index in [0.717, 1.165) is 41.2 Å². The molecule has 1 saturated heterocycles. The molecular weight excluding hydrogens is 759 g/mol. The summed E-state index contributed by atoms with van der Waals surface area (Å²) in [6.45, 7) is 5.08. The lowest BCUT2D eigenvalue weighted by molar-refractivity contribution is -0.143. The molecule has 1 aromatic heterocycles. The van der Waals surface area contributed by atoms with Crippen LogP contribution in [0.4, 0.5) is 4.79 Å². The second-order valence-corrected chi connectivity index (χ2v) is 17.6. The Hall–Kier alpha value is -4.55. The normalized spacial score (nSPS) is 17.0. The minimum atomic E-state index is -4.15. The van der Waals surface area contributed by atoms with Crippen molar-refractivity contribution in [2.24, 2.45) is 22.7 Å². The van der Waals surface area contributed by atoms with Crippen LogP contribution < -0.4 is 11.1 Å².